The molecule has 138 valence electrons. The molecule has 1 amide bonds. The molecule has 0 aromatic heterocycles. The molecule has 2 N–H and O–H groups in total. The van der Waals surface area contributed by atoms with Crippen LogP contribution in [0.15, 0.2) is 42.5 Å². The minimum atomic E-state index is -0.455. The lowest BCUT2D eigenvalue weighted by atomic mass is 10.1. The van der Waals surface area contributed by atoms with Gasteiger partial charge in [0.05, 0.1) is 19.6 Å². The van der Waals surface area contributed by atoms with Crippen molar-refractivity contribution in [2.24, 2.45) is 0 Å². The summed E-state index contributed by atoms with van der Waals surface area (Å²) in [6, 6.07) is 12.5. The van der Waals surface area contributed by atoms with Crippen molar-refractivity contribution in [1.29, 1.82) is 0 Å². The molecule has 0 aliphatic carbocycles. The van der Waals surface area contributed by atoms with E-state index < -0.39 is 5.82 Å². The number of halogens is 2. The van der Waals surface area contributed by atoms with Gasteiger partial charge in [-0.1, -0.05) is 41.9 Å². The topological polar surface area (TPSA) is 42.8 Å². The van der Waals surface area contributed by atoms with Crippen LogP contribution >= 0.6 is 11.6 Å². The van der Waals surface area contributed by atoms with Gasteiger partial charge >= 0.3 is 0 Å². The first-order valence-corrected chi connectivity index (χ1v) is 9.19. The molecule has 0 unspecified atom stereocenters. The highest BCUT2D eigenvalue weighted by molar-refractivity contribution is 6.31. The van der Waals surface area contributed by atoms with Crippen LogP contribution in [0.5, 0.6) is 0 Å². The summed E-state index contributed by atoms with van der Waals surface area (Å²) in [6.45, 7) is 4.90. The zero-order chi connectivity index (χ0) is 18.4. The summed E-state index contributed by atoms with van der Waals surface area (Å²) in [4.78, 5) is 13.7. The van der Waals surface area contributed by atoms with Gasteiger partial charge in [-0.25, -0.2) is 4.39 Å². The highest BCUT2D eigenvalue weighted by Gasteiger charge is 2.16. The van der Waals surface area contributed by atoms with Crippen LogP contribution in [-0.2, 0) is 29.0 Å². The van der Waals surface area contributed by atoms with Crippen LogP contribution in [0.1, 0.15) is 16.7 Å². The predicted octanol–water partition coefficient (Wildman–Crippen LogP) is 1.75. The zero-order valence-corrected chi connectivity index (χ0v) is 15.3. The molecule has 0 radical (unpaired) electrons. The van der Waals surface area contributed by atoms with Gasteiger partial charge in [-0.15, -0.1) is 0 Å². The van der Waals surface area contributed by atoms with Crippen molar-refractivity contribution < 1.29 is 18.8 Å². The third-order valence-electron chi connectivity index (χ3n) is 4.63. The standard InChI is InChI=1S/C20H22ClFN2O2/c21-18-6-3-7-19(22)17(18)12-20(25)23-13-15-4-1-2-5-16(15)14-24-8-10-26-11-9-24/h1-7H,8-14H2,(H,23,25)/p+1. The lowest BCUT2D eigenvalue weighted by Crippen LogP contribution is -3.12. The van der Waals surface area contributed by atoms with Crippen molar-refractivity contribution in [2.45, 2.75) is 19.5 Å². The predicted molar refractivity (Wildman–Crippen MR) is 98.6 cm³/mol. The lowest BCUT2D eigenvalue weighted by molar-refractivity contribution is -0.921. The Morgan fingerprint density at radius 3 is 2.58 bits per heavy atom. The van der Waals surface area contributed by atoms with Crippen LogP contribution in [0.25, 0.3) is 0 Å². The third kappa shape index (κ3) is 5.04. The monoisotopic (exact) mass is 377 g/mol. The van der Waals surface area contributed by atoms with E-state index in [1.807, 2.05) is 18.2 Å². The van der Waals surface area contributed by atoms with Crippen LogP contribution < -0.4 is 10.2 Å². The largest absolute Gasteiger partial charge is 0.370 e. The Morgan fingerprint density at radius 2 is 1.85 bits per heavy atom. The van der Waals surface area contributed by atoms with Gasteiger partial charge in [-0.05, 0) is 17.7 Å². The Bertz CT molecular complexity index is 743. The first kappa shape index (κ1) is 18.8. The summed E-state index contributed by atoms with van der Waals surface area (Å²) >= 11 is 5.99. The van der Waals surface area contributed by atoms with Crippen molar-refractivity contribution in [1.82, 2.24) is 5.32 Å². The summed E-state index contributed by atoms with van der Waals surface area (Å²) in [5.41, 5.74) is 2.53. The molecule has 1 heterocycles. The zero-order valence-electron chi connectivity index (χ0n) is 14.6. The average Bonchev–Trinajstić information content (AvgIpc) is 2.65. The number of amides is 1. The fraction of sp³-hybridized carbons (Fsp3) is 0.350. The van der Waals surface area contributed by atoms with E-state index in [0.717, 1.165) is 38.4 Å². The van der Waals surface area contributed by atoms with E-state index in [4.69, 9.17) is 16.3 Å². The van der Waals surface area contributed by atoms with Crippen LogP contribution in [0.2, 0.25) is 5.02 Å². The minimum Gasteiger partial charge on any atom is -0.370 e. The quantitative estimate of drug-likeness (QED) is 0.805. The molecule has 3 rings (SSSR count). The van der Waals surface area contributed by atoms with Crippen molar-refractivity contribution in [2.75, 3.05) is 26.3 Å². The average molecular weight is 378 g/mol. The lowest BCUT2D eigenvalue weighted by Gasteiger charge is -2.24. The number of quaternary nitrogens is 1. The molecule has 1 saturated heterocycles. The molecule has 4 nitrogen and oxygen atoms in total. The Morgan fingerprint density at radius 1 is 1.12 bits per heavy atom. The van der Waals surface area contributed by atoms with Crippen molar-refractivity contribution in [3.63, 3.8) is 0 Å². The minimum absolute atomic E-state index is 0.0671. The van der Waals surface area contributed by atoms with Crippen molar-refractivity contribution in [3.8, 4) is 0 Å². The molecule has 0 bridgehead atoms. The molecular weight excluding hydrogens is 355 g/mol. The second kappa shape index (κ2) is 9.12. The second-order valence-corrected chi connectivity index (χ2v) is 6.87. The van der Waals surface area contributed by atoms with E-state index in [2.05, 4.69) is 11.4 Å². The number of nitrogens with one attached hydrogen (secondary N) is 2. The van der Waals surface area contributed by atoms with Gasteiger partial charge in [0.15, 0.2) is 0 Å². The van der Waals surface area contributed by atoms with Gasteiger partial charge in [0.2, 0.25) is 5.91 Å². The molecule has 26 heavy (non-hydrogen) atoms. The highest BCUT2D eigenvalue weighted by atomic mass is 35.5. The maximum Gasteiger partial charge on any atom is 0.224 e. The Balaban J connectivity index is 1.59. The molecule has 1 fully saturated rings. The summed E-state index contributed by atoms with van der Waals surface area (Å²) < 4.78 is 19.2. The van der Waals surface area contributed by atoms with Gasteiger partial charge < -0.3 is 15.0 Å². The fourth-order valence-electron chi connectivity index (χ4n) is 3.13. The Kier molecular flexibility index (Phi) is 6.61. The maximum absolute atomic E-state index is 13.8. The summed E-state index contributed by atoms with van der Waals surface area (Å²) in [5.74, 6) is -0.700. The number of hydrogen-bond donors (Lipinski definition) is 2. The number of rotatable bonds is 6. The molecule has 6 heteroatoms. The number of benzene rings is 2. The van der Waals surface area contributed by atoms with E-state index >= 15 is 0 Å². The van der Waals surface area contributed by atoms with Crippen LogP contribution in [0.3, 0.4) is 0 Å². The fourth-order valence-corrected chi connectivity index (χ4v) is 3.36. The van der Waals surface area contributed by atoms with Gasteiger partial charge in [0, 0.05) is 22.7 Å². The van der Waals surface area contributed by atoms with Crippen LogP contribution in [-0.4, -0.2) is 32.2 Å². The van der Waals surface area contributed by atoms with Gasteiger partial charge in [-0.2, -0.15) is 0 Å². The Hall–Kier alpha value is -1.95. The summed E-state index contributed by atoms with van der Waals surface area (Å²) in [6.07, 6.45) is -0.0671. The van der Waals surface area contributed by atoms with Crippen LogP contribution in [0, 0.1) is 5.82 Å². The number of carbonyl (C=O) groups excluding carboxylic acids is 1. The Labute approximate surface area is 157 Å². The highest BCUT2D eigenvalue weighted by Crippen LogP contribution is 2.19. The van der Waals surface area contributed by atoms with Crippen molar-refractivity contribution in [3.05, 3.63) is 70.0 Å². The smallest absolute Gasteiger partial charge is 0.224 e. The van der Waals surface area contributed by atoms with Gasteiger partial charge in [0.1, 0.15) is 25.5 Å². The molecule has 1 aliphatic rings. The third-order valence-corrected chi connectivity index (χ3v) is 4.99. The molecule has 0 saturated carbocycles. The van der Waals surface area contributed by atoms with Gasteiger partial charge in [0.25, 0.3) is 0 Å². The number of hydrogen-bond acceptors (Lipinski definition) is 2. The van der Waals surface area contributed by atoms with E-state index in [0.29, 0.717) is 6.54 Å². The van der Waals surface area contributed by atoms with Gasteiger partial charge in [-0.3, -0.25) is 4.79 Å². The normalized spacial score (nSPS) is 15.0. The molecule has 2 aromatic rings. The van der Waals surface area contributed by atoms with Crippen molar-refractivity contribution >= 4 is 17.5 Å². The van der Waals surface area contributed by atoms with Crippen LogP contribution in [0.4, 0.5) is 4.39 Å². The molecule has 0 spiro atoms. The molecule has 2 aromatic carbocycles. The second-order valence-electron chi connectivity index (χ2n) is 6.46. The number of carbonyl (C=O) groups is 1. The van der Waals surface area contributed by atoms with E-state index in [-0.39, 0.29) is 22.9 Å². The molecule has 0 atom stereocenters. The molecule has 1 aliphatic heterocycles. The summed E-state index contributed by atoms with van der Waals surface area (Å²) in [7, 11) is 0. The first-order valence-electron chi connectivity index (χ1n) is 8.81. The number of ether oxygens (including phenoxy) is 1. The number of morpholine rings is 1. The summed E-state index contributed by atoms with van der Waals surface area (Å²) in [5, 5.41) is 3.16. The molecular formula is C20H23ClFN2O2+. The van der Waals surface area contributed by atoms with E-state index in [9.17, 15) is 9.18 Å². The first-order chi connectivity index (χ1) is 12.6. The SMILES string of the molecule is O=C(Cc1c(F)cccc1Cl)NCc1ccccc1C[NH+]1CCOCC1. The maximum atomic E-state index is 13.8. The van der Waals surface area contributed by atoms with E-state index in [1.54, 1.807) is 6.07 Å². The van der Waals surface area contributed by atoms with E-state index in [1.165, 1.54) is 22.6 Å².